The topological polar surface area (TPSA) is 24.9 Å². The molecule has 0 radical (unpaired) electrons. The molecule has 0 saturated heterocycles. The zero-order valence-corrected chi connectivity index (χ0v) is 8.32. The molecule has 0 aliphatic rings. The lowest BCUT2D eigenvalue weighted by Crippen LogP contribution is -2.22. The van der Waals surface area contributed by atoms with Crippen molar-refractivity contribution in [1.82, 2.24) is 10.3 Å². The quantitative estimate of drug-likeness (QED) is 0.721. The number of rotatable bonds is 4. The first-order valence-electron chi connectivity index (χ1n) is 3.99. The molecule has 1 atom stereocenters. The van der Waals surface area contributed by atoms with Crippen LogP contribution in [0.1, 0.15) is 16.8 Å². The molecule has 1 aromatic rings. The Balaban J connectivity index is 2.37. The molecular formula is C9H14N2S. The smallest absolute Gasteiger partial charge is 0.0897 e. The summed E-state index contributed by atoms with van der Waals surface area (Å²) in [5.41, 5.74) is 0. The van der Waals surface area contributed by atoms with Gasteiger partial charge in [-0.05, 0) is 13.8 Å². The van der Waals surface area contributed by atoms with Gasteiger partial charge >= 0.3 is 0 Å². The molecule has 2 nitrogen and oxygen atoms in total. The van der Waals surface area contributed by atoms with Crippen LogP contribution in [0.3, 0.4) is 0 Å². The van der Waals surface area contributed by atoms with E-state index in [1.807, 2.05) is 19.2 Å². The zero-order chi connectivity index (χ0) is 8.97. The van der Waals surface area contributed by atoms with Crippen LogP contribution in [0.2, 0.25) is 0 Å². The number of aryl methyl sites for hydroxylation is 1. The predicted molar refractivity (Wildman–Crippen MR) is 53.3 cm³/mol. The standard InChI is InChI=1S/C9H14N2S/c1-4-7(2)10-5-9-6-11-8(3)12-9/h4,6-7,10H,1,5H2,2-3H3. The highest BCUT2D eigenvalue weighted by molar-refractivity contribution is 7.11. The Morgan fingerprint density at radius 3 is 3.08 bits per heavy atom. The molecule has 1 heterocycles. The van der Waals surface area contributed by atoms with Crippen molar-refractivity contribution in [2.75, 3.05) is 0 Å². The van der Waals surface area contributed by atoms with Crippen LogP contribution in [0.5, 0.6) is 0 Å². The van der Waals surface area contributed by atoms with Crippen molar-refractivity contribution in [2.24, 2.45) is 0 Å². The van der Waals surface area contributed by atoms with Gasteiger partial charge in [-0.15, -0.1) is 17.9 Å². The van der Waals surface area contributed by atoms with Gasteiger partial charge in [-0.2, -0.15) is 0 Å². The fourth-order valence-electron chi connectivity index (χ4n) is 0.832. The summed E-state index contributed by atoms with van der Waals surface area (Å²) in [6.45, 7) is 8.69. The molecule has 0 amide bonds. The van der Waals surface area contributed by atoms with Gasteiger partial charge in [-0.1, -0.05) is 6.08 Å². The maximum absolute atomic E-state index is 4.17. The second-order valence-electron chi connectivity index (χ2n) is 2.75. The Labute approximate surface area is 77.3 Å². The summed E-state index contributed by atoms with van der Waals surface area (Å²) in [7, 11) is 0. The lowest BCUT2D eigenvalue weighted by molar-refractivity contribution is 0.639. The van der Waals surface area contributed by atoms with E-state index in [4.69, 9.17) is 0 Å². The number of aromatic nitrogens is 1. The van der Waals surface area contributed by atoms with Gasteiger partial charge in [0.2, 0.25) is 0 Å². The van der Waals surface area contributed by atoms with Gasteiger partial charge in [-0.25, -0.2) is 4.98 Å². The second-order valence-corrected chi connectivity index (χ2v) is 4.07. The summed E-state index contributed by atoms with van der Waals surface area (Å²) in [6, 6.07) is 0.368. The van der Waals surface area contributed by atoms with Crippen molar-refractivity contribution < 1.29 is 0 Å². The molecule has 1 N–H and O–H groups in total. The van der Waals surface area contributed by atoms with E-state index in [1.54, 1.807) is 11.3 Å². The van der Waals surface area contributed by atoms with Crippen molar-refractivity contribution in [1.29, 1.82) is 0 Å². The maximum atomic E-state index is 4.17. The number of hydrogen-bond donors (Lipinski definition) is 1. The van der Waals surface area contributed by atoms with Gasteiger partial charge in [0.15, 0.2) is 0 Å². The average molecular weight is 182 g/mol. The van der Waals surface area contributed by atoms with Gasteiger partial charge in [0.1, 0.15) is 0 Å². The van der Waals surface area contributed by atoms with Crippen LogP contribution in [-0.2, 0) is 6.54 Å². The minimum Gasteiger partial charge on any atom is -0.306 e. The lowest BCUT2D eigenvalue weighted by Gasteiger charge is -2.05. The summed E-state index contributed by atoms with van der Waals surface area (Å²) in [5.74, 6) is 0. The number of nitrogens with zero attached hydrogens (tertiary/aromatic N) is 1. The van der Waals surface area contributed by atoms with Gasteiger partial charge in [-0.3, -0.25) is 0 Å². The monoisotopic (exact) mass is 182 g/mol. The highest BCUT2D eigenvalue weighted by Gasteiger charge is 1.98. The lowest BCUT2D eigenvalue weighted by atomic mass is 10.3. The van der Waals surface area contributed by atoms with Crippen molar-refractivity contribution in [3.8, 4) is 0 Å². The van der Waals surface area contributed by atoms with Crippen molar-refractivity contribution in [2.45, 2.75) is 26.4 Å². The normalized spacial score (nSPS) is 12.8. The third-order valence-electron chi connectivity index (χ3n) is 1.62. The molecule has 0 aliphatic carbocycles. The molecular weight excluding hydrogens is 168 g/mol. The Hall–Kier alpha value is -0.670. The largest absolute Gasteiger partial charge is 0.306 e. The SMILES string of the molecule is C=CC(C)NCc1cnc(C)s1. The van der Waals surface area contributed by atoms with Crippen LogP contribution in [0.15, 0.2) is 18.9 Å². The van der Waals surface area contributed by atoms with Crippen molar-refractivity contribution in [3.05, 3.63) is 28.7 Å². The molecule has 1 rings (SSSR count). The highest BCUT2D eigenvalue weighted by atomic mass is 32.1. The third kappa shape index (κ3) is 2.75. The van der Waals surface area contributed by atoms with E-state index in [0.717, 1.165) is 11.6 Å². The van der Waals surface area contributed by atoms with Crippen LogP contribution in [-0.4, -0.2) is 11.0 Å². The van der Waals surface area contributed by atoms with E-state index in [9.17, 15) is 0 Å². The van der Waals surface area contributed by atoms with E-state index in [1.165, 1.54) is 4.88 Å². The van der Waals surface area contributed by atoms with Crippen LogP contribution in [0, 0.1) is 6.92 Å². The molecule has 66 valence electrons. The summed E-state index contributed by atoms with van der Waals surface area (Å²) in [4.78, 5) is 5.45. The summed E-state index contributed by atoms with van der Waals surface area (Å²) in [6.07, 6.45) is 3.82. The van der Waals surface area contributed by atoms with E-state index in [-0.39, 0.29) is 0 Å². The van der Waals surface area contributed by atoms with Crippen molar-refractivity contribution >= 4 is 11.3 Å². The fraction of sp³-hybridized carbons (Fsp3) is 0.444. The Kier molecular flexibility index (Phi) is 3.44. The molecule has 0 fully saturated rings. The Bertz CT molecular complexity index is 255. The first-order chi connectivity index (χ1) is 5.72. The fourth-order valence-corrected chi connectivity index (χ4v) is 1.58. The molecule has 1 unspecified atom stereocenters. The average Bonchev–Trinajstić information content (AvgIpc) is 2.47. The van der Waals surface area contributed by atoms with Gasteiger partial charge < -0.3 is 5.32 Å². The highest BCUT2D eigenvalue weighted by Crippen LogP contribution is 2.10. The predicted octanol–water partition coefficient (Wildman–Crippen LogP) is 2.12. The number of hydrogen-bond acceptors (Lipinski definition) is 3. The maximum Gasteiger partial charge on any atom is 0.0897 e. The summed E-state index contributed by atoms with van der Waals surface area (Å²) >= 11 is 1.73. The Morgan fingerprint density at radius 2 is 2.58 bits per heavy atom. The van der Waals surface area contributed by atoms with E-state index < -0.39 is 0 Å². The molecule has 0 aromatic carbocycles. The van der Waals surface area contributed by atoms with Crippen LogP contribution < -0.4 is 5.32 Å². The molecule has 1 aromatic heterocycles. The van der Waals surface area contributed by atoms with Crippen LogP contribution in [0.25, 0.3) is 0 Å². The minimum absolute atomic E-state index is 0.368. The van der Waals surface area contributed by atoms with Gasteiger partial charge in [0.25, 0.3) is 0 Å². The Morgan fingerprint density at radius 1 is 1.83 bits per heavy atom. The van der Waals surface area contributed by atoms with Crippen molar-refractivity contribution in [3.63, 3.8) is 0 Å². The van der Waals surface area contributed by atoms with Crippen LogP contribution in [0.4, 0.5) is 0 Å². The molecule has 3 heteroatoms. The van der Waals surface area contributed by atoms with Crippen LogP contribution >= 0.6 is 11.3 Å². The van der Waals surface area contributed by atoms with E-state index in [0.29, 0.717) is 6.04 Å². The minimum atomic E-state index is 0.368. The van der Waals surface area contributed by atoms with E-state index >= 15 is 0 Å². The summed E-state index contributed by atoms with van der Waals surface area (Å²) in [5, 5.41) is 4.44. The van der Waals surface area contributed by atoms with Gasteiger partial charge in [0, 0.05) is 23.7 Å². The molecule has 0 spiro atoms. The third-order valence-corrected chi connectivity index (χ3v) is 2.53. The van der Waals surface area contributed by atoms with Gasteiger partial charge in [0.05, 0.1) is 5.01 Å². The number of thiazole rings is 1. The molecule has 0 bridgehead atoms. The van der Waals surface area contributed by atoms with E-state index in [2.05, 4.69) is 23.8 Å². The number of nitrogens with one attached hydrogen (secondary N) is 1. The molecule has 12 heavy (non-hydrogen) atoms. The molecule has 0 aliphatic heterocycles. The summed E-state index contributed by atoms with van der Waals surface area (Å²) < 4.78 is 0. The zero-order valence-electron chi connectivity index (χ0n) is 7.50. The first-order valence-corrected chi connectivity index (χ1v) is 4.81. The second kappa shape index (κ2) is 4.38. The molecule has 0 saturated carbocycles. The first kappa shape index (κ1) is 9.42.